The van der Waals surface area contributed by atoms with Crippen molar-refractivity contribution in [2.45, 2.75) is 38.3 Å². The minimum atomic E-state index is -3.56. The van der Waals surface area contributed by atoms with Crippen LogP contribution in [0.5, 0.6) is 0 Å². The molecule has 0 amide bonds. The van der Waals surface area contributed by atoms with Crippen molar-refractivity contribution >= 4 is 21.6 Å². The fourth-order valence-corrected chi connectivity index (χ4v) is 5.74. The van der Waals surface area contributed by atoms with Crippen molar-refractivity contribution in [1.29, 1.82) is 5.26 Å². The molecule has 3 rings (SSSR count). The van der Waals surface area contributed by atoms with Crippen LogP contribution in [0.3, 0.4) is 0 Å². The zero-order chi connectivity index (χ0) is 17.6. The molecule has 1 heterocycles. The molecule has 1 atom stereocenters. The summed E-state index contributed by atoms with van der Waals surface area (Å²) in [5.41, 5.74) is -0.564. The highest BCUT2D eigenvalue weighted by molar-refractivity contribution is 7.89. The highest BCUT2D eigenvalue weighted by Gasteiger charge is 2.51. The van der Waals surface area contributed by atoms with Gasteiger partial charge in [-0.15, -0.1) is 0 Å². The van der Waals surface area contributed by atoms with Gasteiger partial charge in [0, 0.05) is 17.1 Å². The topological polar surface area (TPSA) is 70.4 Å². The van der Waals surface area contributed by atoms with Gasteiger partial charge in [-0.25, -0.2) is 8.42 Å². The minimum absolute atomic E-state index is 0.116. The third-order valence-corrected chi connectivity index (χ3v) is 7.36. The van der Waals surface area contributed by atoms with Crippen LogP contribution >= 0.6 is 11.6 Å². The van der Waals surface area contributed by atoms with Crippen LogP contribution in [-0.2, 0) is 14.8 Å². The molecule has 1 aliphatic heterocycles. The maximum absolute atomic E-state index is 13.0. The SMILES string of the molecule is CC1(C)COC(c2ccccc2Cl)CN1S(=O)(=O)CC1(C#N)CC1. The van der Waals surface area contributed by atoms with Gasteiger partial charge in [-0.3, -0.25) is 0 Å². The molecule has 1 aromatic rings. The number of hydrogen-bond acceptors (Lipinski definition) is 4. The fourth-order valence-electron chi connectivity index (χ4n) is 3.11. The quantitative estimate of drug-likeness (QED) is 0.818. The second kappa shape index (κ2) is 5.99. The fraction of sp³-hybridized carbons (Fsp3) is 0.588. The molecular weight excluding hydrogens is 348 g/mol. The Kier molecular flexibility index (Phi) is 4.42. The molecule has 0 bridgehead atoms. The van der Waals surface area contributed by atoms with Crippen LogP contribution < -0.4 is 0 Å². The summed E-state index contributed by atoms with van der Waals surface area (Å²) in [5, 5.41) is 9.80. The van der Waals surface area contributed by atoms with Gasteiger partial charge in [0.15, 0.2) is 0 Å². The summed E-state index contributed by atoms with van der Waals surface area (Å²) in [6.07, 6.45) is 0.904. The van der Waals surface area contributed by atoms with Crippen LogP contribution in [0.25, 0.3) is 0 Å². The van der Waals surface area contributed by atoms with Crippen molar-refractivity contribution < 1.29 is 13.2 Å². The van der Waals surface area contributed by atoms with Crippen LogP contribution in [0, 0.1) is 16.7 Å². The molecule has 130 valence electrons. The molecule has 1 saturated carbocycles. The Hall–Kier alpha value is -1.13. The van der Waals surface area contributed by atoms with Crippen molar-refractivity contribution in [3.8, 4) is 6.07 Å². The Balaban J connectivity index is 1.87. The molecule has 0 spiro atoms. The van der Waals surface area contributed by atoms with Crippen molar-refractivity contribution in [3.63, 3.8) is 0 Å². The van der Waals surface area contributed by atoms with Crippen LogP contribution in [0.15, 0.2) is 24.3 Å². The molecule has 24 heavy (non-hydrogen) atoms. The van der Waals surface area contributed by atoms with Crippen molar-refractivity contribution in [2.24, 2.45) is 5.41 Å². The smallest absolute Gasteiger partial charge is 0.216 e. The third-order valence-electron chi connectivity index (χ3n) is 4.78. The number of halogens is 1. The molecule has 1 aromatic carbocycles. The largest absolute Gasteiger partial charge is 0.370 e. The molecule has 0 N–H and O–H groups in total. The first-order valence-corrected chi connectivity index (χ1v) is 9.96. The number of benzene rings is 1. The van der Waals surface area contributed by atoms with E-state index in [1.54, 1.807) is 6.07 Å². The van der Waals surface area contributed by atoms with E-state index in [1.165, 1.54) is 4.31 Å². The Bertz CT molecular complexity index is 781. The lowest BCUT2D eigenvalue weighted by molar-refractivity contribution is -0.0655. The van der Waals surface area contributed by atoms with Crippen LogP contribution in [-0.4, -0.2) is 37.2 Å². The minimum Gasteiger partial charge on any atom is -0.370 e. The number of rotatable bonds is 4. The number of morpholine rings is 1. The summed E-state index contributed by atoms with van der Waals surface area (Å²) >= 11 is 6.24. The Morgan fingerprint density at radius 3 is 2.62 bits per heavy atom. The van der Waals surface area contributed by atoms with Crippen molar-refractivity contribution in [1.82, 2.24) is 4.31 Å². The standard InChI is InChI=1S/C17H21ClN2O3S/c1-16(2)11-23-15(13-5-3-4-6-14(13)18)9-20(16)24(21,22)12-17(10-19)7-8-17/h3-6,15H,7-9,11-12H2,1-2H3. The number of hydrogen-bond donors (Lipinski definition) is 0. The predicted molar refractivity (Wildman–Crippen MR) is 92.0 cm³/mol. The molecule has 2 aliphatic rings. The molecule has 1 aliphatic carbocycles. The first-order valence-electron chi connectivity index (χ1n) is 7.97. The highest BCUT2D eigenvalue weighted by Crippen LogP contribution is 2.47. The van der Waals surface area contributed by atoms with Gasteiger partial charge in [0.1, 0.15) is 0 Å². The number of nitriles is 1. The van der Waals surface area contributed by atoms with E-state index in [0.29, 0.717) is 17.9 Å². The van der Waals surface area contributed by atoms with Gasteiger partial charge in [0.25, 0.3) is 0 Å². The first kappa shape index (κ1) is 17.7. The zero-order valence-corrected chi connectivity index (χ0v) is 15.4. The summed E-state index contributed by atoms with van der Waals surface area (Å²) in [7, 11) is -3.56. The summed E-state index contributed by atoms with van der Waals surface area (Å²) in [6.45, 7) is 4.18. The second-order valence-corrected chi connectivity index (χ2v) is 9.61. The molecule has 2 fully saturated rings. The predicted octanol–water partition coefficient (Wildman–Crippen LogP) is 3.13. The van der Waals surface area contributed by atoms with E-state index >= 15 is 0 Å². The van der Waals surface area contributed by atoms with Gasteiger partial charge in [0.05, 0.1) is 35.5 Å². The van der Waals surface area contributed by atoms with E-state index in [1.807, 2.05) is 32.0 Å². The van der Waals surface area contributed by atoms with Crippen LogP contribution in [0.1, 0.15) is 38.4 Å². The number of sulfonamides is 1. The maximum atomic E-state index is 13.0. The molecule has 1 saturated heterocycles. The average molecular weight is 369 g/mol. The summed E-state index contributed by atoms with van der Waals surface area (Å²) in [6, 6.07) is 9.48. The number of ether oxygens (including phenoxy) is 1. The zero-order valence-electron chi connectivity index (χ0n) is 13.8. The van der Waals surface area contributed by atoms with Gasteiger partial charge in [-0.1, -0.05) is 29.8 Å². The Morgan fingerprint density at radius 2 is 2.04 bits per heavy atom. The molecular formula is C17H21ClN2O3S. The van der Waals surface area contributed by atoms with E-state index in [2.05, 4.69) is 6.07 Å². The van der Waals surface area contributed by atoms with E-state index in [-0.39, 0.29) is 18.9 Å². The molecule has 0 radical (unpaired) electrons. The van der Waals surface area contributed by atoms with E-state index in [0.717, 1.165) is 5.56 Å². The Morgan fingerprint density at radius 1 is 1.38 bits per heavy atom. The van der Waals surface area contributed by atoms with Gasteiger partial charge in [-0.05, 0) is 32.8 Å². The molecule has 5 nitrogen and oxygen atoms in total. The van der Waals surface area contributed by atoms with Crippen molar-refractivity contribution in [2.75, 3.05) is 18.9 Å². The van der Waals surface area contributed by atoms with Gasteiger partial charge in [0.2, 0.25) is 10.0 Å². The second-order valence-electron chi connectivity index (χ2n) is 7.31. The van der Waals surface area contributed by atoms with Crippen LogP contribution in [0.2, 0.25) is 5.02 Å². The van der Waals surface area contributed by atoms with Crippen LogP contribution in [0.4, 0.5) is 0 Å². The van der Waals surface area contributed by atoms with E-state index < -0.39 is 27.1 Å². The molecule has 7 heteroatoms. The van der Waals surface area contributed by atoms with Gasteiger partial charge < -0.3 is 4.74 Å². The lowest BCUT2D eigenvalue weighted by Crippen LogP contribution is -2.57. The lowest BCUT2D eigenvalue weighted by Gasteiger charge is -2.44. The highest BCUT2D eigenvalue weighted by atomic mass is 35.5. The maximum Gasteiger partial charge on any atom is 0.216 e. The monoisotopic (exact) mass is 368 g/mol. The average Bonchev–Trinajstić information content (AvgIpc) is 3.27. The van der Waals surface area contributed by atoms with Crippen molar-refractivity contribution in [3.05, 3.63) is 34.9 Å². The normalized spacial score (nSPS) is 25.8. The lowest BCUT2D eigenvalue weighted by atomic mass is 10.0. The summed E-state index contributed by atoms with van der Waals surface area (Å²) < 4.78 is 33.3. The Labute approximate surface area is 148 Å². The third kappa shape index (κ3) is 3.31. The first-order chi connectivity index (χ1) is 11.2. The summed E-state index contributed by atoms with van der Waals surface area (Å²) in [4.78, 5) is 0. The number of nitrogens with zero attached hydrogens (tertiary/aromatic N) is 2. The van der Waals surface area contributed by atoms with E-state index in [9.17, 15) is 13.7 Å². The van der Waals surface area contributed by atoms with Gasteiger partial charge in [-0.2, -0.15) is 9.57 Å². The summed E-state index contributed by atoms with van der Waals surface area (Å²) in [5.74, 6) is -0.116. The van der Waals surface area contributed by atoms with E-state index in [4.69, 9.17) is 16.3 Å². The molecule has 1 unspecified atom stereocenters. The molecule has 0 aromatic heterocycles. The van der Waals surface area contributed by atoms with Gasteiger partial charge >= 0.3 is 0 Å².